The number of aldehydes is 1. The fraction of sp³-hybridized carbons (Fsp3) is 0.200. The van der Waals surface area contributed by atoms with Crippen LogP contribution in [0.1, 0.15) is 40.0 Å². The van der Waals surface area contributed by atoms with Gasteiger partial charge in [-0.3, -0.25) is 14.7 Å². The lowest BCUT2D eigenvalue weighted by Gasteiger charge is -2.20. The number of aromatic nitrogens is 2. The van der Waals surface area contributed by atoms with Gasteiger partial charge >= 0.3 is 12.2 Å². The number of nitriles is 1. The Bertz CT molecular complexity index is 1040. The highest BCUT2D eigenvalue weighted by Crippen LogP contribution is 2.31. The smallest absolute Gasteiger partial charge is 0.417 e. The molecule has 6 nitrogen and oxygen atoms in total. The van der Waals surface area contributed by atoms with Crippen LogP contribution in [0.4, 0.5) is 24.9 Å². The van der Waals surface area contributed by atoms with Crippen molar-refractivity contribution >= 4 is 18.0 Å². The van der Waals surface area contributed by atoms with Crippen molar-refractivity contribution in [3.8, 4) is 6.07 Å². The lowest BCUT2D eigenvalue weighted by Crippen LogP contribution is -2.18. The van der Waals surface area contributed by atoms with Crippen LogP contribution >= 0.6 is 0 Å². The van der Waals surface area contributed by atoms with E-state index < -0.39 is 11.7 Å². The Morgan fingerprint density at radius 3 is 2.41 bits per heavy atom. The van der Waals surface area contributed by atoms with E-state index >= 15 is 0 Å². The van der Waals surface area contributed by atoms with E-state index in [2.05, 4.69) is 9.97 Å². The molecule has 3 aromatic rings. The molecular weight excluding hydrogens is 385 g/mol. The number of hydrogen-bond acceptors (Lipinski definition) is 6. The summed E-state index contributed by atoms with van der Waals surface area (Å²) in [4.78, 5) is 20.9. The largest absolute Gasteiger partial charge is 0.428 e. The quantitative estimate of drug-likeness (QED) is 0.559. The minimum Gasteiger partial charge on any atom is -0.428 e. The van der Waals surface area contributed by atoms with E-state index in [1.54, 1.807) is 36.1 Å². The first-order valence-electron chi connectivity index (χ1n) is 8.60. The number of carbonyl (C=O) groups excluding carboxylic acids is 1. The molecular formula is C20H15F3N4O2. The number of benzene rings is 1. The van der Waals surface area contributed by atoms with Crippen LogP contribution in [0.15, 0.2) is 47.0 Å². The molecule has 2 aromatic heterocycles. The predicted octanol–water partition coefficient (Wildman–Crippen LogP) is 4.67. The maximum atomic E-state index is 12.8. The summed E-state index contributed by atoms with van der Waals surface area (Å²) in [5, 5.41) is 8.98. The van der Waals surface area contributed by atoms with Crippen molar-refractivity contribution in [2.45, 2.75) is 26.1 Å². The van der Waals surface area contributed by atoms with Gasteiger partial charge in [0.2, 0.25) is 0 Å². The molecule has 0 fully saturated rings. The van der Waals surface area contributed by atoms with Gasteiger partial charge in [0.05, 0.1) is 29.4 Å². The average Bonchev–Trinajstić information content (AvgIpc) is 3.15. The van der Waals surface area contributed by atoms with Crippen LogP contribution in [0.5, 0.6) is 0 Å². The molecule has 0 amide bonds. The molecule has 0 atom stereocenters. The average molecular weight is 400 g/mol. The molecule has 0 bridgehead atoms. The molecule has 0 aliphatic heterocycles. The summed E-state index contributed by atoms with van der Waals surface area (Å²) < 4.78 is 44.0. The van der Waals surface area contributed by atoms with E-state index in [1.807, 2.05) is 6.07 Å². The number of carbonyl (C=O) groups is 1. The van der Waals surface area contributed by atoms with E-state index in [-0.39, 0.29) is 18.3 Å². The third-order valence-electron chi connectivity index (χ3n) is 4.16. The number of anilines is 2. The molecule has 1 aromatic carbocycles. The van der Waals surface area contributed by atoms with Gasteiger partial charge in [-0.25, -0.2) is 0 Å². The van der Waals surface area contributed by atoms with E-state index in [1.165, 1.54) is 6.07 Å². The molecule has 0 spiro atoms. The first-order chi connectivity index (χ1) is 13.9. The van der Waals surface area contributed by atoms with Crippen molar-refractivity contribution in [2.24, 2.45) is 0 Å². The van der Waals surface area contributed by atoms with Gasteiger partial charge in [-0.1, -0.05) is 6.92 Å². The highest BCUT2D eigenvalue weighted by molar-refractivity contribution is 5.74. The summed E-state index contributed by atoms with van der Waals surface area (Å²) in [5.74, 6) is 0.397. The number of rotatable bonds is 6. The SMILES string of the molecule is CCc1oc(N(Cc2ccc(C(F)(F)F)cn2)c2ccc(C#N)cc2)nc1C=O. The molecule has 29 heavy (non-hydrogen) atoms. The molecule has 0 aliphatic carbocycles. The zero-order valence-corrected chi connectivity index (χ0v) is 15.3. The van der Waals surface area contributed by atoms with Crippen LogP contribution < -0.4 is 4.90 Å². The van der Waals surface area contributed by atoms with Crippen molar-refractivity contribution < 1.29 is 22.4 Å². The van der Waals surface area contributed by atoms with Gasteiger partial charge in [-0.05, 0) is 36.4 Å². The number of alkyl halides is 3. The maximum absolute atomic E-state index is 12.8. The highest BCUT2D eigenvalue weighted by atomic mass is 19.4. The fourth-order valence-corrected chi connectivity index (χ4v) is 2.64. The molecule has 3 rings (SSSR count). The summed E-state index contributed by atoms with van der Waals surface area (Å²) in [6.45, 7) is 1.85. The Labute approximate surface area is 164 Å². The topological polar surface area (TPSA) is 83.0 Å². The van der Waals surface area contributed by atoms with Gasteiger partial charge in [-0.2, -0.15) is 23.4 Å². The number of nitrogens with zero attached hydrogens (tertiary/aromatic N) is 4. The van der Waals surface area contributed by atoms with Crippen LogP contribution in [0.25, 0.3) is 0 Å². The number of pyridine rings is 1. The maximum Gasteiger partial charge on any atom is 0.417 e. The molecule has 0 N–H and O–H groups in total. The fourth-order valence-electron chi connectivity index (χ4n) is 2.64. The van der Waals surface area contributed by atoms with Crippen LogP contribution in [-0.4, -0.2) is 16.3 Å². The predicted molar refractivity (Wildman–Crippen MR) is 97.5 cm³/mol. The second kappa shape index (κ2) is 8.14. The van der Waals surface area contributed by atoms with E-state index in [0.717, 1.165) is 12.3 Å². The molecule has 0 saturated heterocycles. The van der Waals surface area contributed by atoms with Crippen LogP contribution in [-0.2, 0) is 19.1 Å². The van der Waals surface area contributed by atoms with Gasteiger partial charge in [0.1, 0.15) is 11.5 Å². The third kappa shape index (κ3) is 4.43. The molecule has 2 heterocycles. The van der Waals surface area contributed by atoms with E-state index in [0.29, 0.717) is 35.4 Å². The minimum absolute atomic E-state index is 0.0476. The van der Waals surface area contributed by atoms with Gasteiger partial charge in [0, 0.05) is 18.3 Å². The molecule has 9 heteroatoms. The Morgan fingerprint density at radius 1 is 1.21 bits per heavy atom. The van der Waals surface area contributed by atoms with Crippen LogP contribution in [0.3, 0.4) is 0 Å². The summed E-state index contributed by atoms with van der Waals surface area (Å²) in [6.07, 6.45) is -2.69. The summed E-state index contributed by atoms with van der Waals surface area (Å²) in [5.41, 5.74) is 0.662. The van der Waals surface area contributed by atoms with Crippen LogP contribution in [0, 0.1) is 11.3 Å². The van der Waals surface area contributed by atoms with Gasteiger partial charge in [-0.15, -0.1) is 0 Å². The molecule has 0 unspecified atom stereocenters. The van der Waals surface area contributed by atoms with Crippen molar-refractivity contribution in [1.82, 2.24) is 9.97 Å². The summed E-state index contributed by atoms with van der Waals surface area (Å²) in [7, 11) is 0. The lowest BCUT2D eigenvalue weighted by atomic mass is 10.2. The molecule has 0 aliphatic rings. The monoisotopic (exact) mass is 400 g/mol. The second-order valence-corrected chi connectivity index (χ2v) is 6.06. The second-order valence-electron chi connectivity index (χ2n) is 6.06. The normalized spacial score (nSPS) is 11.1. The Kier molecular flexibility index (Phi) is 5.64. The molecule has 148 valence electrons. The van der Waals surface area contributed by atoms with Crippen molar-refractivity contribution in [3.05, 3.63) is 70.9 Å². The van der Waals surface area contributed by atoms with E-state index in [4.69, 9.17) is 9.68 Å². The van der Waals surface area contributed by atoms with E-state index in [9.17, 15) is 18.0 Å². The lowest BCUT2D eigenvalue weighted by molar-refractivity contribution is -0.137. The van der Waals surface area contributed by atoms with Crippen LogP contribution in [0.2, 0.25) is 0 Å². The summed E-state index contributed by atoms with van der Waals surface area (Å²) in [6, 6.07) is 10.8. The number of halogens is 3. The van der Waals surface area contributed by atoms with Crippen molar-refractivity contribution in [3.63, 3.8) is 0 Å². The Balaban J connectivity index is 1.99. The first kappa shape index (κ1) is 20.1. The number of hydrogen-bond donors (Lipinski definition) is 0. The number of oxazole rings is 1. The number of aryl methyl sites for hydroxylation is 1. The Hall–Kier alpha value is -3.67. The third-order valence-corrected chi connectivity index (χ3v) is 4.16. The zero-order valence-electron chi connectivity index (χ0n) is 15.3. The van der Waals surface area contributed by atoms with Gasteiger partial charge < -0.3 is 4.42 Å². The standard InChI is InChI=1S/C20H15F3N4O2/c1-2-18-17(12-28)26-19(29-18)27(16-7-3-13(9-24)4-8-16)11-15-6-5-14(10-25-15)20(21,22)23/h3-8,10,12H,2,11H2,1H3. The molecule has 0 radical (unpaired) electrons. The first-order valence-corrected chi connectivity index (χ1v) is 8.60. The minimum atomic E-state index is -4.48. The highest BCUT2D eigenvalue weighted by Gasteiger charge is 2.30. The Morgan fingerprint density at radius 2 is 1.93 bits per heavy atom. The van der Waals surface area contributed by atoms with Crippen molar-refractivity contribution in [2.75, 3.05) is 4.90 Å². The van der Waals surface area contributed by atoms with Crippen molar-refractivity contribution in [1.29, 1.82) is 5.26 Å². The van der Waals surface area contributed by atoms with Gasteiger partial charge in [0.25, 0.3) is 0 Å². The summed E-state index contributed by atoms with van der Waals surface area (Å²) >= 11 is 0. The van der Waals surface area contributed by atoms with Gasteiger partial charge in [0.15, 0.2) is 6.29 Å². The molecule has 0 saturated carbocycles. The zero-order chi connectivity index (χ0) is 21.0.